The lowest BCUT2D eigenvalue weighted by Gasteiger charge is -2.36. The van der Waals surface area contributed by atoms with Crippen LogP contribution >= 0.6 is 11.8 Å². The van der Waals surface area contributed by atoms with Gasteiger partial charge in [-0.05, 0) is 48.5 Å². The van der Waals surface area contributed by atoms with Crippen LogP contribution in [0.2, 0.25) is 0 Å². The summed E-state index contributed by atoms with van der Waals surface area (Å²) < 4.78 is 19.5. The molecular formula is C27H23FN6O5S. The van der Waals surface area contributed by atoms with Gasteiger partial charge in [-0.3, -0.25) is 19.7 Å². The van der Waals surface area contributed by atoms with Crippen LogP contribution < -0.4 is 10.2 Å². The highest BCUT2D eigenvalue weighted by molar-refractivity contribution is 7.99. The maximum absolute atomic E-state index is 14.0. The Kier molecular flexibility index (Phi) is 8.01. The summed E-state index contributed by atoms with van der Waals surface area (Å²) in [6.07, 6.45) is 0. The van der Waals surface area contributed by atoms with Crippen molar-refractivity contribution in [2.24, 2.45) is 0 Å². The van der Waals surface area contributed by atoms with E-state index in [1.807, 2.05) is 12.1 Å². The highest BCUT2D eigenvalue weighted by atomic mass is 32.2. The van der Waals surface area contributed by atoms with Crippen LogP contribution in [0.25, 0.3) is 11.5 Å². The Balaban J connectivity index is 1.09. The first-order valence-corrected chi connectivity index (χ1v) is 13.3. The van der Waals surface area contributed by atoms with Crippen LogP contribution in [0.4, 0.5) is 21.5 Å². The van der Waals surface area contributed by atoms with Gasteiger partial charge in [0.1, 0.15) is 5.82 Å². The number of hydrogen-bond acceptors (Lipinski definition) is 9. The summed E-state index contributed by atoms with van der Waals surface area (Å²) in [5, 5.41) is 21.7. The molecule has 13 heteroatoms. The van der Waals surface area contributed by atoms with E-state index in [-0.39, 0.29) is 39.9 Å². The summed E-state index contributed by atoms with van der Waals surface area (Å²) >= 11 is 1.07. The lowest BCUT2D eigenvalue weighted by atomic mass is 10.1. The number of non-ortho nitro benzene ring substituents is 1. The average Bonchev–Trinajstić information content (AvgIpc) is 3.46. The molecule has 0 unspecified atom stereocenters. The van der Waals surface area contributed by atoms with Crippen LogP contribution in [-0.4, -0.2) is 63.8 Å². The molecule has 0 radical (unpaired) electrons. The van der Waals surface area contributed by atoms with Crippen molar-refractivity contribution < 1.29 is 23.3 Å². The Hall–Kier alpha value is -4.78. The molecule has 0 atom stereocenters. The van der Waals surface area contributed by atoms with Gasteiger partial charge in [-0.15, -0.1) is 10.2 Å². The largest absolute Gasteiger partial charge is 0.411 e. The average molecular weight is 563 g/mol. The van der Waals surface area contributed by atoms with Gasteiger partial charge in [-0.2, -0.15) is 0 Å². The number of amides is 2. The fourth-order valence-corrected chi connectivity index (χ4v) is 4.73. The first kappa shape index (κ1) is 26.8. The van der Waals surface area contributed by atoms with E-state index in [1.165, 1.54) is 36.4 Å². The number of thioether (sulfide) groups is 1. The van der Waals surface area contributed by atoms with E-state index in [0.29, 0.717) is 37.4 Å². The molecule has 3 aromatic carbocycles. The molecule has 11 nitrogen and oxygen atoms in total. The molecule has 2 amide bonds. The number of carbonyl (C=O) groups is 2. The molecule has 1 aliphatic heterocycles. The molecule has 1 fully saturated rings. The van der Waals surface area contributed by atoms with Crippen LogP contribution in [0.5, 0.6) is 0 Å². The number of anilines is 2. The lowest BCUT2D eigenvalue weighted by Crippen LogP contribution is -2.49. The minimum Gasteiger partial charge on any atom is -0.411 e. The summed E-state index contributed by atoms with van der Waals surface area (Å²) in [7, 11) is 0. The number of nitrogens with zero attached hydrogens (tertiary/aromatic N) is 5. The fourth-order valence-electron chi connectivity index (χ4n) is 4.16. The van der Waals surface area contributed by atoms with Gasteiger partial charge >= 0.3 is 0 Å². The molecule has 4 aromatic rings. The minimum absolute atomic E-state index is 0.0433. The number of piperazine rings is 1. The molecule has 0 spiro atoms. The molecular weight excluding hydrogens is 539 g/mol. The highest BCUT2D eigenvalue weighted by Gasteiger charge is 2.24. The Bertz CT molecular complexity index is 1520. The highest BCUT2D eigenvalue weighted by Crippen LogP contribution is 2.25. The number of nitro benzene ring substituents is 1. The van der Waals surface area contributed by atoms with Crippen LogP contribution in [0.3, 0.4) is 0 Å². The van der Waals surface area contributed by atoms with E-state index in [4.69, 9.17) is 4.42 Å². The van der Waals surface area contributed by atoms with Gasteiger partial charge in [0.2, 0.25) is 11.8 Å². The number of benzene rings is 3. The molecule has 204 valence electrons. The lowest BCUT2D eigenvalue weighted by molar-refractivity contribution is -0.384. The van der Waals surface area contributed by atoms with Gasteiger partial charge in [0.15, 0.2) is 0 Å². The van der Waals surface area contributed by atoms with E-state index in [0.717, 1.165) is 17.4 Å². The van der Waals surface area contributed by atoms with Crippen molar-refractivity contribution in [3.05, 3.63) is 94.3 Å². The summed E-state index contributed by atoms with van der Waals surface area (Å²) in [5.41, 5.74) is 2.15. The number of carbonyl (C=O) groups excluding carboxylic acids is 2. The number of nitro groups is 1. The van der Waals surface area contributed by atoms with Crippen LogP contribution in [-0.2, 0) is 4.79 Å². The third-order valence-corrected chi connectivity index (χ3v) is 7.06. The number of hydrogen-bond donors (Lipinski definition) is 1. The van der Waals surface area contributed by atoms with Gasteiger partial charge in [-0.1, -0.05) is 23.9 Å². The van der Waals surface area contributed by atoms with Gasteiger partial charge in [0, 0.05) is 55.2 Å². The molecule has 1 aliphatic rings. The predicted octanol–water partition coefficient (Wildman–Crippen LogP) is 4.48. The van der Waals surface area contributed by atoms with E-state index in [1.54, 1.807) is 29.2 Å². The first-order valence-electron chi connectivity index (χ1n) is 12.3. The Morgan fingerprint density at radius 3 is 2.35 bits per heavy atom. The van der Waals surface area contributed by atoms with Crippen LogP contribution in [0.1, 0.15) is 10.4 Å². The molecule has 1 saturated heterocycles. The second-order valence-electron chi connectivity index (χ2n) is 8.82. The van der Waals surface area contributed by atoms with Crippen LogP contribution in [0.15, 0.2) is 82.4 Å². The van der Waals surface area contributed by atoms with E-state index >= 15 is 0 Å². The number of rotatable bonds is 8. The smallest absolute Gasteiger partial charge is 0.277 e. The predicted molar refractivity (Wildman–Crippen MR) is 147 cm³/mol. The van der Waals surface area contributed by atoms with Gasteiger partial charge in [-0.25, -0.2) is 4.39 Å². The van der Waals surface area contributed by atoms with E-state index in [2.05, 4.69) is 20.4 Å². The summed E-state index contributed by atoms with van der Waals surface area (Å²) in [6.45, 7) is 2.16. The number of halogens is 1. The topological polar surface area (TPSA) is 135 Å². The van der Waals surface area contributed by atoms with E-state index in [9.17, 15) is 24.1 Å². The molecule has 0 bridgehead atoms. The fraction of sp³-hybridized carbons (Fsp3) is 0.185. The maximum Gasteiger partial charge on any atom is 0.277 e. The molecule has 0 saturated carbocycles. The van der Waals surface area contributed by atoms with Gasteiger partial charge in [0.05, 0.1) is 16.2 Å². The molecule has 5 rings (SSSR count). The maximum atomic E-state index is 14.0. The normalized spacial score (nSPS) is 13.2. The Morgan fingerprint density at radius 1 is 0.975 bits per heavy atom. The summed E-state index contributed by atoms with van der Waals surface area (Å²) in [4.78, 5) is 39.2. The Morgan fingerprint density at radius 2 is 1.68 bits per heavy atom. The zero-order valence-electron chi connectivity index (χ0n) is 21.0. The quantitative estimate of drug-likeness (QED) is 0.187. The van der Waals surface area contributed by atoms with E-state index < -0.39 is 10.7 Å². The standard InChI is InChI=1S/C27H23FN6O5S/c28-23-4-2-1-3-22(23)26(36)33-15-13-32(14-16-33)20-11-7-19(8-12-20)29-24(35)17-40-27-31-30-25(39-27)18-5-9-21(10-6-18)34(37)38/h1-12H,13-17H2,(H,29,35). The first-order chi connectivity index (χ1) is 19.4. The third kappa shape index (κ3) is 6.26. The molecule has 1 N–H and O–H groups in total. The SMILES string of the molecule is O=C(CSc1nnc(-c2ccc([N+](=O)[O-])cc2)o1)Nc1ccc(N2CCN(C(=O)c3ccccc3F)CC2)cc1. The zero-order chi connectivity index (χ0) is 28.1. The van der Waals surface area contributed by atoms with Crippen LogP contribution in [0, 0.1) is 15.9 Å². The minimum atomic E-state index is -0.518. The Labute approximate surface area is 232 Å². The third-order valence-electron chi connectivity index (χ3n) is 6.25. The monoisotopic (exact) mass is 562 g/mol. The molecule has 1 aromatic heterocycles. The second-order valence-corrected chi connectivity index (χ2v) is 9.75. The van der Waals surface area contributed by atoms with Gasteiger partial charge in [0.25, 0.3) is 16.8 Å². The van der Waals surface area contributed by atoms with Crippen molar-refractivity contribution in [1.29, 1.82) is 0 Å². The van der Waals surface area contributed by atoms with Crippen molar-refractivity contribution in [1.82, 2.24) is 15.1 Å². The summed E-state index contributed by atoms with van der Waals surface area (Å²) in [6, 6.07) is 19.1. The number of nitrogens with one attached hydrogen (secondary N) is 1. The molecule has 2 heterocycles. The zero-order valence-corrected chi connectivity index (χ0v) is 21.8. The number of aromatic nitrogens is 2. The van der Waals surface area contributed by atoms with Crippen molar-refractivity contribution in [2.45, 2.75) is 5.22 Å². The summed E-state index contributed by atoms with van der Waals surface area (Å²) in [5.74, 6) is -0.840. The van der Waals surface area contributed by atoms with Crippen molar-refractivity contribution in [2.75, 3.05) is 42.1 Å². The van der Waals surface area contributed by atoms with Crippen molar-refractivity contribution >= 4 is 40.6 Å². The van der Waals surface area contributed by atoms with Crippen molar-refractivity contribution in [3.8, 4) is 11.5 Å². The molecule has 40 heavy (non-hydrogen) atoms. The van der Waals surface area contributed by atoms with Crippen molar-refractivity contribution in [3.63, 3.8) is 0 Å². The molecule has 0 aliphatic carbocycles. The second kappa shape index (κ2) is 11.9. The van der Waals surface area contributed by atoms with Gasteiger partial charge < -0.3 is 19.5 Å².